The smallest absolute Gasteiger partial charge is 0.141 e. The maximum absolute atomic E-state index is 5.69. The van der Waals surface area contributed by atoms with Crippen molar-refractivity contribution in [2.45, 2.75) is 13.5 Å². The number of hydrogen-bond donors (Lipinski definition) is 1. The third-order valence-electron chi connectivity index (χ3n) is 2.74. The molecule has 3 nitrogen and oxygen atoms in total. The Labute approximate surface area is 103 Å². The van der Waals surface area contributed by atoms with Gasteiger partial charge in [0.2, 0.25) is 0 Å². The molecule has 84 valence electrons. The first-order valence-corrected chi connectivity index (χ1v) is 5.91. The Hall–Kier alpha value is -1.13. The summed E-state index contributed by atoms with van der Waals surface area (Å²) in [4.78, 5) is 4.51. The van der Waals surface area contributed by atoms with Crippen LogP contribution in [0.3, 0.4) is 0 Å². The molecule has 0 unspecified atom stereocenters. The van der Waals surface area contributed by atoms with Gasteiger partial charge < -0.3 is 10.3 Å². The number of imidazole rings is 1. The Morgan fingerprint density at radius 2 is 2.06 bits per heavy atom. The van der Waals surface area contributed by atoms with Crippen molar-refractivity contribution >= 4 is 15.9 Å². The molecule has 2 aromatic rings. The van der Waals surface area contributed by atoms with Gasteiger partial charge in [-0.1, -0.05) is 24.3 Å². The van der Waals surface area contributed by atoms with E-state index in [1.807, 2.05) is 23.7 Å². The molecule has 1 aromatic heterocycles. The number of rotatable bonds is 2. The highest BCUT2D eigenvalue weighted by atomic mass is 79.9. The number of aryl methyl sites for hydroxylation is 1. The summed E-state index contributed by atoms with van der Waals surface area (Å²) in [5.74, 6) is 0.949. The lowest BCUT2D eigenvalue weighted by Crippen LogP contribution is -2.05. The van der Waals surface area contributed by atoms with Gasteiger partial charge in [-0.25, -0.2) is 4.98 Å². The second-order valence-electron chi connectivity index (χ2n) is 3.75. The standard InChI is InChI=1S/C12H14BrN3/c1-8-5-3-4-6-9(8)12-15-11(13)10(7-14)16(12)2/h3-6H,7,14H2,1-2H3. The van der Waals surface area contributed by atoms with E-state index in [0.717, 1.165) is 21.7 Å². The zero-order chi connectivity index (χ0) is 11.7. The van der Waals surface area contributed by atoms with Gasteiger partial charge in [0.1, 0.15) is 10.4 Å². The summed E-state index contributed by atoms with van der Waals surface area (Å²) in [5.41, 5.74) is 9.06. The van der Waals surface area contributed by atoms with Crippen molar-refractivity contribution in [1.29, 1.82) is 0 Å². The van der Waals surface area contributed by atoms with Gasteiger partial charge in [0.05, 0.1) is 5.69 Å². The van der Waals surface area contributed by atoms with Crippen LogP contribution in [0.1, 0.15) is 11.3 Å². The first-order chi connectivity index (χ1) is 7.65. The second kappa shape index (κ2) is 4.39. The lowest BCUT2D eigenvalue weighted by Gasteiger charge is -2.06. The van der Waals surface area contributed by atoms with E-state index in [1.165, 1.54) is 5.56 Å². The Bertz CT molecular complexity index is 517. The minimum absolute atomic E-state index is 0.482. The summed E-state index contributed by atoms with van der Waals surface area (Å²) in [6, 6.07) is 8.21. The van der Waals surface area contributed by atoms with Crippen LogP contribution in [0, 0.1) is 6.92 Å². The topological polar surface area (TPSA) is 43.8 Å². The lowest BCUT2D eigenvalue weighted by molar-refractivity contribution is 0.824. The second-order valence-corrected chi connectivity index (χ2v) is 4.50. The van der Waals surface area contributed by atoms with E-state index in [-0.39, 0.29) is 0 Å². The molecule has 0 aliphatic carbocycles. The molecule has 4 heteroatoms. The van der Waals surface area contributed by atoms with Crippen LogP contribution < -0.4 is 5.73 Å². The normalized spacial score (nSPS) is 10.8. The van der Waals surface area contributed by atoms with Gasteiger partial charge in [0, 0.05) is 19.2 Å². The molecule has 0 aliphatic heterocycles. The van der Waals surface area contributed by atoms with Crippen molar-refractivity contribution in [2.75, 3.05) is 0 Å². The number of halogens is 1. The van der Waals surface area contributed by atoms with Gasteiger partial charge in [-0.05, 0) is 28.4 Å². The molecule has 0 aliphatic rings. The predicted octanol–water partition coefficient (Wildman–Crippen LogP) is 2.62. The van der Waals surface area contributed by atoms with Crippen molar-refractivity contribution < 1.29 is 0 Å². The summed E-state index contributed by atoms with van der Waals surface area (Å²) in [5, 5.41) is 0. The summed E-state index contributed by atoms with van der Waals surface area (Å²) < 4.78 is 2.86. The van der Waals surface area contributed by atoms with E-state index in [2.05, 4.69) is 40.0 Å². The number of nitrogens with zero attached hydrogens (tertiary/aromatic N) is 2. The van der Waals surface area contributed by atoms with Crippen LogP contribution in [0.2, 0.25) is 0 Å². The van der Waals surface area contributed by atoms with Gasteiger partial charge in [-0.15, -0.1) is 0 Å². The minimum Gasteiger partial charge on any atom is -0.329 e. The van der Waals surface area contributed by atoms with E-state index in [9.17, 15) is 0 Å². The molecule has 0 saturated heterocycles. The fourth-order valence-electron chi connectivity index (χ4n) is 1.78. The van der Waals surface area contributed by atoms with Gasteiger partial charge in [-0.2, -0.15) is 0 Å². The van der Waals surface area contributed by atoms with Crippen molar-refractivity contribution in [3.05, 3.63) is 40.1 Å². The Kier molecular flexibility index (Phi) is 3.12. The monoisotopic (exact) mass is 279 g/mol. The van der Waals surface area contributed by atoms with Gasteiger partial charge in [-0.3, -0.25) is 0 Å². The fraction of sp³-hybridized carbons (Fsp3) is 0.250. The van der Waals surface area contributed by atoms with Crippen molar-refractivity contribution in [3.63, 3.8) is 0 Å². The fourth-order valence-corrected chi connectivity index (χ4v) is 2.38. The summed E-state index contributed by atoms with van der Waals surface area (Å²) >= 11 is 3.44. The van der Waals surface area contributed by atoms with Gasteiger partial charge >= 0.3 is 0 Å². The zero-order valence-electron chi connectivity index (χ0n) is 9.37. The molecule has 2 rings (SSSR count). The summed E-state index contributed by atoms with van der Waals surface area (Å²) in [7, 11) is 1.99. The zero-order valence-corrected chi connectivity index (χ0v) is 11.0. The highest BCUT2D eigenvalue weighted by molar-refractivity contribution is 9.10. The third-order valence-corrected chi connectivity index (χ3v) is 3.38. The van der Waals surface area contributed by atoms with Crippen LogP contribution in [0.5, 0.6) is 0 Å². The summed E-state index contributed by atoms with van der Waals surface area (Å²) in [6.07, 6.45) is 0. The molecule has 1 aromatic carbocycles. The maximum Gasteiger partial charge on any atom is 0.141 e. The van der Waals surface area contributed by atoms with Crippen molar-refractivity contribution in [3.8, 4) is 11.4 Å². The molecular formula is C12H14BrN3. The molecule has 0 spiro atoms. The molecule has 0 atom stereocenters. The molecule has 0 radical (unpaired) electrons. The van der Waals surface area contributed by atoms with E-state index in [4.69, 9.17) is 5.73 Å². The first-order valence-electron chi connectivity index (χ1n) is 5.12. The lowest BCUT2D eigenvalue weighted by atomic mass is 10.1. The third kappa shape index (κ3) is 1.79. The number of benzene rings is 1. The molecular weight excluding hydrogens is 266 g/mol. The Morgan fingerprint density at radius 3 is 2.62 bits per heavy atom. The number of aromatic nitrogens is 2. The highest BCUT2D eigenvalue weighted by Gasteiger charge is 2.13. The average molecular weight is 280 g/mol. The van der Waals surface area contributed by atoms with E-state index in [0.29, 0.717) is 6.54 Å². The van der Waals surface area contributed by atoms with Crippen molar-refractivity contribution in [2.24, 2.45) is 12.8 Å². The largest absolute Gasteiger partial charge is 0.329 e. The van der Waals surface area contributed by atoms with Crippen LogP contribution >= 0.6 is 15.9 Å². The molecule has 0 bridgehead atoms. The average Bonchev–Trinajstić information content (AvgIpc) is 2.55. The predicted molar refractivity (Wildman–Crippen MR) is 69.0 cm³/mol. The SMILES string of the molecule is Cc1ccccc1-c1nc(Br)c(CN)n1C. The minimum atomic E-state index is 0.482. The molecule has 0 saturated carbocycles. The van der Waals surface area contributed by atoms with Gasteiger partial charge in [0.15, 0.2) is 0 Å². The number of nitrogens with two attached hydrogens (primary N) is 1. The van der Waals surface area contributed by atoms with Crippen molar-refractivity contribution in [1.82, 2.24) is 9.55 Å². The van der Waals surface area contributed by atoms with E-state index in [1.54, 1.807) is 0 Å². The maximum atomic E-state index is 5.69. The molecule has 0 fully saturated rings. The Morgan fingerprint density at radius 1 is 1.38 bits per heavy atom. The highest BCUT2D eigenvalue weighted by Crippen LogP contribution is 2.26. The van der Waals surface area contributed by atoms with E-state index < -0.39 is 0 Å². The van der Waals surface area contributed by atoms with Crippen LogP contribution in [0.25, 0.3) is 11.4 Å². The van der Waals surface area contributed by atoms with E-state index >= 15 is 0 Å². The molecule has 2 N–H and O–H groups in total. The van der Waals surface area contributed by atoms with Crippen LogP contribution in [-0.4, -0.2) is 9.55 Å². The van der Waals surface area contributed by atoms with Crippen LogP contribution in [0.4, 0.5) is 0 Å². The quantitative estimate of drug-likeness (QED) is 0.919. The number of hydrogen-bond acceptors (Lipinski definition) is 2. The Balaban J connectivity index is 2.62. The molecule has 0 amide bonds. The van der Waals surface area contributed by atoms with Gasteiger partial charge in [0.25, 0.3) is 0 Å². The summed E-state index contributed by atoms with van der Waals surface area (Å²) in [6.45, 7) is 2.57. The first kappa shape index (κ1) is 11.4. The van der Waals surface area contributed by atoms with Crippen LogP contribution in [0.15, 0.2) is 28.9 Å². The molecule has 1 heterocycles. The van der Waals surface area contributed by atoms with Crippen LogP contribution in [-0.2, 0) is 13.6 Å². The molecule has 16 heavy (non-hydrogen) atoms.